The Morgan fingerprint density at radius 3 is 0.821 bits per heavy atom. The molecule has 78 heavy (non-hydrogen) atoms. The van der Waals surface area contributed by atoms with Gasteiger partial charge in [0.1, 0.15) is 0 Å². The number of hydrogen-bond acceptors (Lipinski definition) is 2. The first-order chi connectivity index (χ1) is 37.1. The van der Waals surface area contributed by atoms with Crippen molar-refractivity contribution in [1.29, 1.82) is 0 Å². The highest BCUT2D eigenvalue weighted by Gasteiger charge is 2.43. The molecule has 0 bridgehead atoms. The normalized spacial score (nSPS) is 14.0. The highest BCUT2D eigenvalue weighted by molar-refractivity contribution is 6.17. The summed E-state index contributed by atoms with van der Waals surface area (Å²) in [6.07, 6.45) is 0. The van der Waals surface area contributed by atoms with Gasteiger partial charge in [0.25, 0.3) is 0 Å². The van der Waals surface area contributed by atoms with Crippen LogP contribution in [-0.2, 0) is 21.7 Å². The van der Waals surface area contributed by atoms with Crippen LogP contribution in [0.25, 0.3) is 55.3 Å². The van der Waals surface area contributed by atoms with E-state index in [0.717, 1.165) is 34.1 Å². The van der Waals surface area contributed by atoms with Gasteiger partial charge in [-0.3, -0.25) is 0 Å². The van der Waals surface area contributed by atoms with Gasteiger partial charge in [0, 0.05) is 45.0 Å². The van der Waals surface area contributed by atoms with E-state index in [-0.39, 0.29) is 21.7 Å². The Bertz CT molecular complexity index is 3590. The Hall–Kier alpha value is -7.94. The molecule has 0 atom stereocenters. The zero-order chi connectivity index (χ0) is 54.8. The van der Waals surface area contributed by atoms with Crippen LogP contribution in [0, 0.1) is 27.7 Å². The van der Waals surface area contributed by atoms with Gasteiger partial charge in [-0.25, -0.2) is 0 Å². The summed E-state index contributed by atoms with van der Waals surface area (Å²) in [5, 5.41) is 2.59. The molecule has 12 rings (SSSR count). The van der Waals surface area contributed by atoms with Crippen LogP contribution in [0.4, 0.5) is 34.1 Å². The van der Waals surface area contributed by atoms with Crippen molar-refractivity contribution in [1.82, 2.24) is 0 Å². The van der Waals surface area contributed by atoms with Crippen molar-refractivity contribution >= 4 is 44.9 Å². The minimum Gasteiger partial charge on any atom is -0.310 e. The minimum atomic E-state index is -0.338. The number of anilines is 6. The van der Waals surface area contributed by atoms with Crippen LogP contribution >= 0.6 is 0 Å². The van der Waals surface area contributed by atoms with Crippen LogP contribution in [0.15, 0.2) is 194 Å². The lowest BCUT2D eigenvalue weighted by Gasteiger charge is -2.29. The Morgan fingerprint density at radius 2 is 0.551 bits per heavy atom. The Balaban J connectivity index is 1.14. The molecule has 0 spiro atoms. The van der Waals surface area contributed by atoms with E-state index in [1.54, 1.807) is 0 Å². The highest BCUT2D eigenvalue weighted by Crippen LogP contribution is 2.61. The molecule has 0 aromatic heterocycles. The van der Waals surface area contributed by atoms with Gasteiger partial charge in [0.2, 0.25) is 0 Å². The first kappa shape index (κ1) is 50.9. The molecular formula is C76H74N2. The van der Waals surface area contributed by atoms with Crippen LogP contribution in [-0.4, -0.2) is 0 Å². The molecule has 2 heteroatoms. The number of hydrogen-bond donors (Lipinski definition) is 0. The highest BCUT2D eigenvalue weighted by atomic mass is 15.1. The van der Waals surface area contributed by atoms with E-state index < -0.39 is 0 Å². The average Bonchev–Trinajstić information content (AvgIpc) is 4.03. The molecule has 10 aromatic carbocycles. The fraction of sp³-hybridized carbons (Fsp3) is 0.237. The summed E-state index contributed by atoms with van der Waals surface area (Å²) >= 11 is 0. The van der Waals surface area contributed by atoms with Gasteiger partial charge in [0.15, 0.2) is 0 Å². The van der Waals surface area contributed by atoms with Crippen LogP contribution < -0.4 is 9.80 Å². The second kappa shape index (κ2) is 18.3. The lowest BCUT2D eigenvalue weighted by atomic mass is 9.76. The summed E-state index contributed by atoms with van der Waals surface area (Å²) in [6.45, 7) is 32.4. The van der Waals surface area contributed by atoms with Crippen molar-refractivity contribution in [2.24, 2.45) is 0 Å². The van der Waals surface area contributed by atoms with E-state index in [4.69, 9.17) is 0 Å². The summed E-state index contributed by atoms with van der Waals surface area (Å²) < 4.78 is 0. The lowest BCUT2D eigenvalue weighted by molar-refractivity contribution is 0.590. The van der Waals surface area contributed by atoms with E-state index in [2.05, 4.69) is 301 Å². The smallest absolute Gasteiger partial charge is 0.0465 e. The predicted molar refractivity (Wildman–Crippen MR) is 336 cm³/mol. The number of aryl methyl sites for hydroxylation is 4. The maximum atomic E-state index is 2.61. The van der Waals surface area contributed by atoms with Crippen LogP contribution in [0.3, 0.4) is 0 Å². The van der Waals surface area contributed by atoms with Gasteiger partial charge in [-0.1, -0.05) is 201 Å². The molecule has 0 amide bonds. The van der Waals surface area contributed by atoms with E-state index in [1.807, 2.05) is 0 Å². The van der Waals surface area contributed by atoms with Crippen molar-refractivity contribution in [2.45, 2.75) is 119 Å². The van der Waals surface area contributed by atoms with E-state index in [9.17, 15) is 0 Å². The predicted octanol–water partition coefficient (Wildman–Crippen LogP) is 21.6. The first-order valence-electron chi connectivity index (χ1n) is 28.2. The topological polar surface area (TPSA) is 6.48 Å². The fourth-order valence-electron chi connectivity index (χ4n) is 12.7. The van der Waals surface area contributed by atoms with Gasteiger partial charge in [0.05, 0.1) is 0 Å². The number of benzene rings is 10. The summed E-state index contributed by atoms with van der Waals surface area (Å²) in [4.78, 5) is 4.85. The Kier molecular flexibility index (Phi) is 12.0. The Labute approximate surface area is 465 Å². The van der Waals surface area contributed by atoms with Gasteiger partial charge in [-0.05, 0) is 212 Å². The average molecular weight is 1020 g/mol. The van der Waals surface area contributed by atoms with Crippen LogP contribution in [0.1, 0.15) is 125 Å². The summed E-state index contributed by atoms with van der Waals surface area (Å²) in [5.41, 5.74) is 29.7. The SMILES string of the molecule is Cc1ccc(N(c2ccc(C)cc2)c2ccc3c(c2)C(C)(C)c2cc4c(-c5ccc(C(C)(C)C)cc5)c5c(cc4c(-c4ccc(C(C)(C)C)cc4)c2-3)C(C)(C)c2cc(N(c3ccc(C)cc3)c3ccc(C)cc3)ccc2-5)cc1. The van der Waals surface area contributed by atoms with Crippen molar-refractivity contribution in [3.8, 4) is 44.5 Å². The van der Waals surface area contributed by atoms with Crippen LogP contribution in [0.2, 0.25) is 0 Å². The summed E-state index contributed by atoms with van der Waals surface area (Å²) in [6, 6.07) is 74.8. The number of rotatable bonds is 8. The molecule has 0 fully saturated rings. The molecule has 2 nitrogen and oxygen atoms in total. The lowest BCUT2D eigenvalue weighted by Crippen LogP contribution is -2.17. The molecule has 10 aromatic rings. The van der Waals surface area contributed by atoms with E-state index in [1.165, 1.54) is 111 Å². The first-order valence-corrected chi connectivity index (χ1v) is 28.2. The molecule has 0 heterocycles. The van der Waals surface area contributed by atoms with Crippen molar-refractivity contribution < 1.29 is 0 Å². The molecule has 2 aliphatic rings. The Morgan fingerprint density at radius 1 is 0.282 bits per heavy atom. The largest absolute Gasteiger partial charge is 0.310 e. The monoisotopic (exact) mass is 1010 g/mol. The number of nitrogens with zero attached hydrogens (tertiary/aromatic N) is 2. The van der Waals surface area contributed by atoms with E-state index in [0.29, 0.717) is 0 Å². The molecule has 388 valence electrons. The molecule has 0 radical (unpaired) electrons. The van der Waals surface area contributed by atoms with Crippen LogP contribution in [0.5, 0.6) is 0 Å². The summed E-state index contributed by atoms with van der Waals surface area (Å²) in [7, 11) is 0. The van der Waals surface area contributed by atoms with Gasteiger partial charge in [-0.2, -0.15) is 0 Å². The standard InChI is InChI=1S/C76H74N2/c1-47-15-31-55(32-16-47)77(56-33-17-48(2)18-34-56)59-39-41-61-65(43-59)75(11,12)67-45-63-64(69(71(61)67)51-23-27-53(28-24-51)73(5,6)7)46-68-72(70(63)52-25-29-54(30-26-52)74(8,9)10)62-42-40-60(44-66(62)76(68,13)14)78(57-35-19-49(3)20-36-57)58-37-21-50(4)22-38-58/h15-46H,1-14H3. The minimum absolute atomic E-state index is 0.0152. The summed E-state index contributed by atoms with van der Waals surface area (Å²) in [5.74, 6) is 0. The maximum Gasteiger partial charge on any atom is 0.0465 e. The maximum absolute atomic E-state index is 2.61. The molecular weight excluding hydrogens is 941 g/mol. The molecule has 0 N–H and O–H groups in total. The third kappa shape index (κ3) is 8.47. The van der Waals surface area contributed by atoms with Crippen molar-refractivity contribution in [2.75, 3.05) is 9.80 Å². The van der Waals surface area contributed by atoms with Crippen molar-refractivity contribution in [3.05, 3.63) is 250 Å². The van der Waals surface area contributed by atoms with Gasteiger partial charge >= 0.3 is 0 Å². The molecule has 0 saturated heterocycles. The third-order valence-corrected chi connectivity index (χ3v) is 17.4. The second-order valence-electron chi connectivity index (χ2n) is 25.8. The quantitative estimate of drug-likeness (QED) is 0.150. The third-order valence-electron chi connectivity index (χ3n) is 17.4. The molecule has 0 unspecified atom stereocenters. The van der Waals surface area contributed by atoms with E-state index >= 15 is 0 Å². The second-order valence-corrected chi connectivity index (χ2v) is 25.8. The molecule has 0 aliphatic heterocycles. The number of fused-ring (bicyclic) bond motifs is 7. The van der Waals surface area contributed by atoms with Gasteiger partial charge < -0.3 is 9.80 Å². The zero-order valence-corrected chi connectivity index (χ0v) is 48.4. The molecule has 2 aliphatic carbocycles. The van der Waals surface area contributed by atoms with Gasteiger partial charge in [-0.15, -0.1) is 0 Å². The zero-order valence-electron chi connectivity index (χ0n) is 48.4. The van der Waals surface area contributed by atoms with Crippen molar-refractivity contribution in [3.63, 3.8) is 0 Å². The fourth-order valence-corrected chi connectivity index (χ4v) is 12.7. The molecule has 0 saturated carbocycles.